The van der Waals surface area contributed by atoms with Crippen LogP contribution in [0.25, 0.3) is 28.1 Å². The summed E-state index contributed by atoms with van der Waals surface area (Å²) in [7, 11) is 0. The fraction of sp³-hybridized carbons (Fsp3) is 0.0952. The zero-order valence-electron chi connectivity index (χ0n) is 13.8. The molecule has 0 aliphatic heterocycles. The number of imidazole rings is 1. The fourth-order valence-corrected chi connectivity index (χ4v) is 2.71. The summed E-state index contributed by atoms with van der Waals surface area (Å²) in [4.78, 5) is 4.72. The first-order valence-electron chi connectivity index (χ1n) is 8.16. The molecule has 0 bridgehead atoms. The van der Waals surface area contributed by atoms with Gasteiger partial charge >= 0.3 is 0 Å². The number of nitrogens with zero attached hydrogens (tertiary/aromatic N) is 2. The van der Waals surface area contributed by atoms with Crippen LogP contribution in [-0.4, -0.2) is 14.7 Å². The SMILES string of the molecule is CC.Oc1ccccc1-c1nc2ccccc2n1-c1ccccc1. The van der Waals surface area contributed by atoms with E-state index in [0.29, 0.717) is 0 Å². The minimum atomic E-state index is 0.231. The highest BCUT2D eigenvalue weighted by molar-refractivity contribution is 5.84. The molecule has 1 heterocycles. The number of benzene rings is 3. The van der Waals surface area contributed by atoms with Crippen molar-refractivity contribution in [1.82, 2.24) is 9.55 Å². The van der Waals surface area contributed by atoms with Gasteiger partial charge in [-0.25, -0.2) is 4.98 Å². The zero-order chi connectivity index (χ0) is 16.9. The van der Waals surface area contributed by atoms with Crippen molar-refractivity contribution in [3.63, 3.8) is 0 Å². The lowest BCUT2D eigenvalue weighted by molar-refractivity contribution is 0.477. The van der Waals surface area contributed by atoms with Gasteiger partial charge in [0.25, 0.3) is 0 Å². The number of para-hydroxylation sites is 4. The smallest absolute Gasteiger partial charge is 0.149 e. The Labute approximate surface area is 141 Å². The monoisotopic (exact) mass is 316 g/mol. The summed E-state index contributed by atoms with van der Waals surface area (Å²) in [5, 5.41) is 10.2. The van der Waals surface area contributed by atoms with Crippen LogP contribution in [-0.2, 0) is 0 Å². The van der Waals surface area contributed by atoms with Crippen molar-refractivity contribution in [2.75, 3.05) is 0 Å². The van der Waals surface area contributed by atoms with Crippen LogP contribution in [0.1, 0.15) is 13.8 Å². The van der Waals surface area contributed by atoms with E-state index in [0.717, 1.165) is 28.1 Å². The second-order valence-corrected chi connectivity index (χ2v) is 5.11. The van der Waals surface area contributed by atoms with Crippen LogP contribution in [0, 0.1) is 0 Å². The minimum Gasteiger partial charge on any atom is -0.507 e. The second-order valence-electron chi connectivity index (χ2n) is 5.11. The van der Waals surface area contributed by atoms with E-state index >= 15 is 0 Å². The predicted octanol–water partition coefficient (Wildman–Crippen LogP) is 5.42. The van der Waals surface area contributed by atoms with E-state index in [1.807, 2.05) is 86.6 Å². The Bertz CT molecular complexity index is 942. The molecule has 0 spiro atoms. The van der Waals surface area contributed by atoms with E-state index in [4.69, 9.17) is 4.98 Å². The Hall–Kier alpha value is -3.07. The Morgan fingerprint density at radius 1 is 0.750 bits per heavy atom. The first kappa shape index (κ1) is 15.8. The van der Waals surface area contributed by atoms with Crippen molar-refractivity contribution in [2.45, 2.75) is 13.8 Å². The number of aromatic nitrogens is 2. The number of phenols is 1. The Morgan fingerprint density at radius 2 is 1.38 bits per heavy atom. The highest BCUT2D eigenvalue weighted by Crippen LogP contribution is 2.33. The van der Waals surface area contributed by atoms with Gasteiger partial charge in [-0.2, -0.15) is 0 Å². The minimum absolute atomic E-state index is 0.231. The number of phenolic OH excluding ortho intramolecular Hbond substituents is 1. The van der Waals surface area contributed by atoms with Gasteiger partial charge in [-0.1, -0.05) is 56.3 Å². The van der Waals surface area contributed by atoms with Gasteiger partial charge in [-0.15, -0.1) is 0 Å². The third-order valence-corrected chi connectivity index (χ3v) is 3.72. The molecule has 1 N–H and O–H groups in total. The summed E-state index contributed by atoms with van der Waals surface area (Å²) >= 11 is 0. The van der Waals surface area contributed by atoms with Gasteiger partial charge in [0.2, 0.25) is 0 Å². The first-order chi connectivity index (χ1) is 11.8. The van der Waals surface area contributed by atoms with Gasteiger partial charge in [0.05, 0.1) is 16.6 Å². The summed E-state index contributed by atoms with van der Waals surface area (Å²) in [6.45, 7) is 4.00. The summed E-state index contributed by atoms with van der Waals surface area (Å²) in [6, 6.07) is 25.3. The molecule has 0 amide bonds. The van der Waals surface area contributed by atoms with Gasteiger partial charge in [0, 0.05) is 5.69 Å². The number of aromatic hydroxyl groups is 1. The summed E-state index contributed by atoms with van der Waals surface area (Å²) < 4.78 is 2.07. The molecule has 0 fully saturated rings. The number of rotatable bonds is 2. The number of hydrogen-bond acceptors (Lipinski definition) is 2. The normalized spacial score (nSPS) is 10.2. The lowest BCUT2D eigenvalue weighted by Crippen LogP contribution is -1.97. The van der Waals surface area contributed by atoms with E-state index in [-0.39, 0.29) is 5.75 Å². The van der Waals surface area contributed by atoms with E-state index < -0.39 is 0 Å². The lowest BCUT2D eigenvalue weighted by atomic mass is 10.2. The van der Waals surface area contributed by atoms with Gasteiger partial charge in [-0.3, -0.25) is 4.57 Å². The molecule has 3 aromatic carbocycles. The second kappa shape index (κ2) is 7.01. The van der Waals surface area contributed by atoms with Crippen LogP contribution in [0.4, 0.5) is 0 Å². The molecule has 0 atom stereocenters. The maximum absolute atomic E-state index is 10.2. The van der Waals surface area contributed by atoms with Crippen molar-refractivity contribution in [3.05, 3.63) is 78.9 Å². The van der Waals surface area contributed by atoms with Crippen molar-refractivity contribution in [2.24, 2.45) is 0 Å². The lowest BCUT2D eigenvalue weighted by Gasteiger charge is -2.10. The topological polar surface area (TPSA) is 38.1 Å². The predicted molar refractivity (Wildman–Crippen MR) is 99.5 cm³/mol. The van der Waals surface area contributed by atoms with Gasteiger partial charge in [0.15, 0.2) is 0 Å². The van der Waals surface area contributed by atoms with Crippen LogP contribution in [0.2, 0.25) is 0 Å². The largest absolute Gasteiger partial charge is 0.507 e. The van der Waals surface area contributed by atoms with Crippen molar-refractivity contribution in [1.29, 1.82) is 0 Å². The van der Waals surface area contributed by atoms with Gasteiger partial charge < -0.3 is 5.11 Å². The van der Waals surface area contributed by atoms with Crippen molar-refractivity contribution >= 4 is 11.0 Å². The molecular formula is C21H20N2O. The molecule has 0 unspecified atom stereocenters. The quantitative estimate of drug-likeness (QED) is 0.536. The van der Waals surface area contributed by atoms with Crippen LogP contribution in [0.3, 0.4) is 0 Å². The average Bonchev–Trinajstić information content (AvgIpc) is 3.04. The van der Waals surface area contributed by atoms with Gasteiger partial charge in [0.1, 0.15) is 11.6 Å². The van der Waals surface area contributed by atoms with E-state index in [1.165, 1.54) is 0 Å². The standard InChI is InChI=1S/C19H14N2O.C2H6/c22-18-13-7-4-10-15(18)19-20-16-11-5-6-12-17(16)21(19)14-8-2-1-3-9-14;1-2/h1-13,22H;1-2H3. The molecule has 120 valence electrons. The molecule has 1 aromatic heterocycles. The Kier molecular flexibility index (Phi) is 4.62. The summed E-state index contributed by atoms with van der Waals surface area (Å²) in [6.07, 6.45) is 0. The van der Waals surface area contributed by atoms with Gasteiger partial charge in [-0.05, 0) is 36.4 Å². The maximum atomic E-state index is 10.2. The molecule has 0 saturated carbocycles. The molecule has 4 aromatic rings. The van der Waals surface area contributed by atoms with E-state index in [2.05, 4.69) is 4.57 Å². The van der Waals surface area contributed by atoms with E-state index in [1.54, 1.807) is 6.07 Å². The molecule has 24 heavy (non-hydrogen) atoms. The molecule has 0 aliphatic rings. The molecule has 0 aliphatic carbocycles. The Morgan fingerprint density at radius 3 is 2.12 bits per heavy atom. The zero-order valence-corrected chi connectivity index (χ0v) is 13.8. The first-order valence-corrected chi connectivity index (χ1v) is 8.16. The van der Waals surface area contributed by atoms with Crippen LogP contribution >= 0.6 is 0 Å². The third-order valence-electron chi connectivity index (χ3n) is 3.72. The van der Waals surface area contributed by atoms with Crippen LogP contribution in [0.5, 0.6) is 5.75 Å². The summed E-state index contributed by atoms with van der Waals surface area (Å²) in [5.74, 6) is 0.973. The Balaban J connectivity index is 0.000000815. The number of fused-ring (bicyclic) bond motifs is 1. The highest BCUT2D eigenvalue weighted by Gasteiger charge is 2.15. The van der Waals surface area contributed by atoms with E-state index in [9.17, 15) is 5.11 Å². The highest BCUT2D eigenvalue weighted by atomic mass is 16.3. The third kappa shape index (κ3) is 2.76. The molecule has 0 saturated heterocycles. The summed E-state index contributed by atoms with van der Waals surface area (Å²) in [5.41, 5.74) is 3.67. The molecule has 0 radical (unpaired) electrons. The number of hydrogen-bond donors (Lipinski definition) is 1. The molecule has 4 rings (SSSR count). The van der Waals surface area contributed by atoms with Crippen LogP contribution < -0.4 is 0 Å². The maximum Gasteiger partial charge on any atom is 0.149 e. The van der Waals surface area contributed by atoms with Crippen LogP contribution in [0.15, 0.2) is 78.9 Å². The average molecular weight is 316 g/mol. The van der Waals surface area contributed by atoms with Crippen molar-refractivity contribution < 1.29 is 5.11 Å². The van der Waals surface area contributed by atoms with Crippen molar-refractivity contribution in [3.8, 4) is 22.8 Å². The molecule has 3 heteroatoms. The molecule has 3 nitrogen and oxygen atoms in total. The molecular weight excluding hydrogens is 296 g/mol. The fourth-order valence-electron chi connectivity index (χ4n) is 2.71.